The Morgan fingerprint density at radius 3 is 2.84 bits per heavy atom. The maximum Gasteiger partial charge on any atom is 0.157 e. The van der Waals surface area contributed by atoms with E-state index in [1.165, 1.54) is 43.0 Å². The van der Waals surface area contributed by atoms with Gasteiger partial charge in [0.05, 0.1) is 12.6 Å². The molecule has 19 heavy (non-hydrogen) atoms. The van der Waals surface area contributed by atoms with Crippen molar-refractivity contribution in [1.29, 1.82) is 0 Å². The third kappa shape index (κ3) is 3.10. The minimum absolute atomic E-state index is 0.363. The fraction of sp³-hybridized carbons (Fsp3) is 0.933. The van der Waals surface area contributed by atoms with Gasteiger partial charge in [0.1, 0.15) is 0 Å². The van der Waals surface area contributed by atoms with E-state index < -0.39 is 0 Å². The molecule has 0 radical (unpaired) electrons. The molecule has 2 aliphatic heterocycles. The van der Waals surface area contributed by atoms with Gasteiger partial charge in [0.2, 0.25) is 0 Å². The van der Waals surface area contributed by atoms with Crippen LogP contribution in [0.25, 0.3) is 0 Å². The van der Waals surface area contributed by atoms with Crippen LogP contribution in [0.3, 0.4) is 0 Å². The second-order valence-corrected chi connectivity index (χ2v) is 7.64. The molecule has 1 spiro atoms. The summed E-state index contributed by atoms with van der Waals surface area (Å²) in [6, 6.07) is 0.398. The second kappa shape index (κ2) is 5.65. The zero-order chi connectivity index (χ0) is 13.3. The van der Waals surface area contributed by atoms with Crippen molar-refractivity contribution < 1.29 is 4.74 Å². The summed E-state index contributed by atoms with van der Waals surface area (Å²) in [5, 5.41) is 4.94. The van der Waals surface area contributed by atoms with Gasteiger partial charge in [-0.15, -0.1) is 0 Å². The number of hydrogen-bond donors (Lipinski definition) is 1. The number of aliphatic imine (C=N–C) groups is 1. The molecule has 3 aliphatic rings. The van der Waals surface area contributed by atoms with Gasteiger partial charge in [-0.05, 0) is 44.9 Å². The predicted octanol–water partition coefficient (Wildman–Crippen LogP) is 3.05. The van der Waals surface area contributed by atoms with Crippen LogP contribution in [0.4, 0.5) is 0 Å². The molecule has 3 rings (SSSR count). The predicted molar refractivity (Wildman–Crippen MR) is 81.8 cm³/mol. The number of ether oxygens (including phenoxy) is 1. The third-order valence-electron chi connectivity index (χ3n) is 5.06. The number of thioether (sulfide) groups is 1. The van der Waals surface area contributed by atoms with Crippen LogP contribution in [-0.4, -0.2) is 35.7 Å². The van der Waals surface area contributed by atoms with E-state index in [1.807, 2.05) is 11.8 Å². The Morgan fingerprint density at radius 2 is 2.16 bits per heavy atom. The molecule has 2 saturated heterocycles. The van der Waals surface area contributed by atoms with Crippen LogP contribution in [0.5, 0.6) is 0 Å². The number of amidine groups is 1. The molecule has 0 aromatic heterocycles. The molecule has 1 saturated carbocycles. The molecule has 3 fully saturated rings. The van der Waals surface area contributed by atoms with E-state index in [2.05, 4.69) is 19.2 Å². The topological polar surface area (TPSA) is 33.6 Å². The van der Waals surface area contributed by atoms with Crippen molar-refractivity contribution in [3.05, 3.63) is 0 Å². The second-order valence-electron chi connectivity index (χ2n) is 6.68. The quantitative estimate of drug-likeness (QED) is 0.845. The van der Waals surface area contributed by atoms with Crippen molar-refractivity contribution in [2.24, 2.45) is 16.8 Å². The lowest BCUT2D eigenvalue weighted by Crippen LogP contribution is -2.46. The van der Waals surface area contributed by atoms with E-state index in [9.17, 15) is 0 Å². The Bertz CT molecular complexity index is 344. The largest absolute Gasteiger partial charge is 0.381 e. The van der Waals surface area contributed by atoms with Gasteiger partial charge < -0.3 is 10.1 Å². The van der Waals surface area contributed by atoms with Gasteiger partial charge in [-0.2, -0.15) is 0 Å². The van der Waals surface area contributed by atoms with Crippen molar-refractivity contribution in [1.82, 2.24) is 5.32 Å². The SMILES string of the molecule is CC1CCC2(CC1)CSC(=NC(C)C1CCOC1)N2. The maximum atomic E-state index is 5.47. The number of hydrogen-bond acceptors (Lipinski definition) is 3. The zero-order valence-electron chi connectivity index (χ0n) is 12.2. The highest BCUT2D eigenvalue weighted by Gasteiger charge is 2.39. The highest BCUT2D eigenvalue weighted by molar-refractivity contribution is 8.14. The molecule has 0 aromatic carbocycles. The Balaban J connectivity index is 1.58. The van der Waals surface area contributed by atoms with Crippen molar-refractivity contribution in [3.63, 3.8) is 0 Å². The Morgan fingerprint density at radius 1 is 1.37 bits per heavy atom. The monoisotopic (exact) mass is 282 g/mol. The first kappa shape index (κ1) is 13.7. The number of nitrogens with one attached hydrogen (secondary N) is 1. The Hall–Kier alpha value is -0.220. The van der Waals surface area contributed by atoms with Crippen LogP contribution < -0.4 is 5.32 Å². The smallest absolute Gasteiger partial charge is 0.157 e. The summed E-state index contributed by atoms with van der Waals surface area (Å²) >= 11 is 1.93. The normalized spacial score (nSPS) is 42.7. The summed E-state index contributed by atoms with van der Waals surface area (Å²) in [7, 11) is 0. The van der Waals surface area contributed by atoms with E-state index >= 15 is 0 Å². The highest BCUT2D eigenvalue weighted by atomic mass is 32.2. The molecule has 0 amide bonds. The molecule has 3 nitrogen and oxygen atoms in total. The molecule has 2 unspecified atom stereocenters. The van der Waals surface area contributed by atoms with E-state index in [0.29, 0.717) is 17.5 Å². The van der Waals surface area contributed by atoms with Gasteiger partial charge in [0, 0.05) is 23.8 Å². The number of nitrogens with zero attached hydrogens (tertiary/aromatic N) is 1. The molecular formula is C15H26N2OS. The fourth-order valence-electron chi connectivity index (χ4n) is 3.38. The van der Waals surface area contributed by atoms with Crippen LogP contribution in [-0.2, 0) is 4.74 Å². The molecule has 1 N–H and O–H groups in total. The van der Waals surface area contributed by atoms with Gasteiger partial charge in [0.25, 0.3) is 0 Å². The van der Waals surface area contributed by atoms with Gasteiger partial charge in [-0.25, -0.2) is 0 Å². The first-order valence-electron chi connectivity index (χ1n) is 7.73. The summed E-state index contributed by atoms with van der Waals surface area (Å²) in [5.74, 6) is 2.75. The highest BCUT2D eigenvalue weighted by Crippen LogP contribution is 2.38. The van der Waals surface area contributed by atoms with Crippen LogP contribution in [0.15, 0.2) is 4.99 Å². The van der Waals surface area contributed by atoms with E-state index in [1.54, 1.807) is 0 Å². The van der Waals surface area contributed by atoms with Crippen LogP contribution in [0.1, 0.15) is 46.0 Å². The first-order valence-corrected chi connectivity index (χ1v) is 8.72. The van der Waals surface area contributed by atoms with Crippen LogP contribution in [0.2, 0.25) is 0 Å². The molecule has 0 bridgehead atoms. The lowest BCUT2D eigenvalue weighted by Gasteiger charge is -2.35. The molecule has 0 aromatic rings. The molecule has 2 atom stereocenters. The first-order chi connectivity index (χ1) is 9.17. The van der Waals surface area contributed by atoms with Gasteiger partial charge in [0.15, 0.2) is 5.17 Å². The average molecular weight is 282 g/mol. The third-order valence-corrected chi connectivity index (χ3v) is 6.23. The van der Waals surface area contributed by atoms with Gasteiger partial charge in [-0.1, -0.05) is 18.7 Å². The van der Waals surface area contributed by atoms with E-state index in [-0.39, 0.29) is 0 Å². The summed E-state index contributed by atoms with van der Waals surface area (Å²) in [6.45, 7) is 6.43. The van der Waals surface area contributed by atoms with Gasteiger partial charge in [-0.3, -0.25) is 4.99 Å². The fourth-order valence-corrected chi connectivity index (χ4v) is 4.69. The molecule has 2 heterocycles. The van der Waals surface area contributed by atoms with Gasteiger partial charge >= 0.3 is 0 Å². The van der Waals surface area contributed by atoms with Crippen molar-refractivity contribution in [2.75, 3.05) is 19.0 Å². The Labute approximate surface area is 121 Å². The minimum Gasteiger partial charge on any atom is -0.381 e. The molecular weight excluding hydrogens is 256 g/mol. The average Bonchev–Trinajstić information content (AvgIpc) is 3.04. The number of rotatable bonds is 2. The van der Waals surface area contributed by atoms with Crippen molar-refractivity contribution in [3.8, 4) is 0 Å². The summed E-state index contributed by atoms with van der Waals surface area (Å²) < 4.78 is 5.47. The van der Waals surface area contributed by atoms with E-state index in [4.69, 9.17) is 9.73 Å². The Kier molecular flexibility index (Phi) is 4.08. The lowest BCUT2D eigenvalue weighted by molar-refractivity contribution is 0.182. The van der Waals surface area contributed by atoms with Crippen LogP contribution >= 0.6 is 11.8 Å². The van der Waals surface area contributed by atoms with Crippen LogP contribution in [0, 0.1) is 11.8 Å². The molecule has 1 aliphatic carbocycles. The summed E-state index contributed by atoms with van der Waals surface area (Å²) in [5.41, 5.74) is 0.363. The molecule has 108 valence electrons. The van der Waals surface area contributed by atoms with Crippen molar-refractivity contribution >= 4 is 16.9 Å². The van der Waals surface area contributed by atoms with Crippen molar-refractivity contribution in [2.45, 2.75) is 57.5 Å². The summed E-state index contributed by atoms with van der Waals surface area (Å²) in [6.07, 6.45) is 6.55. The lowest BCUT2D eigenvalue weighted by atomic mass is 9.78. The zero-order valence-corrected chi connectivity index (χ0v) is 13.0. The summed E-state index contributed by atoms with van der Waals surface area (Å²) in [4.78, 5) is 4.92. The maximum absolute atomic E-state index is 5.47. The van der Waals surface area contributed by atoms with E-state index in [0.717, 1.165) is 19.1 Å². The molecule has 4 heteroatoms. The standard InChI is InChI=1S/C15H26N2OS/c1-11-3-6-15(7-4-11)10-19-14(17-15)16-12(2)13-5-8-18-9-13/h11-13H,3-10H2,1-2H3,(H,16,17). The minimum atomic E-state index is 0.363.